The van der Waals surface area contributed by atoms with Gasteiger partial charge in [-0.1, -0.05) is 12.1 Å². The zero-order chi connectivity index (χ0) is 14.9. The van der Waals surface area contributed by atoms with Gasteiger partial charge in [0.05, 0.1) is 5.69 Å². The van der Waals surface area contributed by atoms with E-state index in [1.807, 2.05) is 17.0 Å². The predicted octanol–water partition coefficient (Wildman–Crippen LogP) is 3.79. The third-order valence-corrected chi connectivity index (χ3v) is 5.19. The SMILES string of the molecule is O=C1CCCN1c1cccc(-c2csc(C3CCCO3)n2)c1. The summed E-state index contributed by atoms with van der Waals surface area (Å²) in [7, 11) is 0. The van der Waals surface area contributed by atoms with Crippen LogP contribution in [0.5, 0.6) is 0 Å². The highest BCUT2D eigenvalue weighted by Gasteiger charge is 2.23. The maximum Gasteiger partial charge on any atom is 0.227 e. The third kappa shape index (κ3) is 2.55. The largest absolute Gasteiger partial charge is 0.371 e. The molecule has 1 aromatic heterocycles. The Morgan fingerprint density at radius 1 is 1.32 bits per heavy atom. The van der Waals surface area contributed by atoms with E-state index in [-0.39, 0.29) is 12.0 Å². The van der Waals surface area contributed by atoms with E-state index in [1.54, 1.807) is 11.3 Å². The van der Waals surface area contributed by atoms with Crippen LogP contribution in [0.4, 0.5) is 5.69 Å². The second kappa shape index (κ2) is 5.82. The summed E-state index contributed by atoms with van der Waals surface area (Å²) in [4.78, 5) is 18.5. The van der Waals surface area contributed by atoms with E-state index in [4.69, 9.17) is 9.72 Å². The van der Waals surface area contributed by atoms with Crippen LogP contribution in [0.15, 0.2) is 29.6 Å². The van der Waals surface area contributed by atoms with Gasteiger partial charge in [0.1, 0.15) is 11.1 Å². The minimum Gasteiger partial charge on any atom is -0.371 e. The topological polar surface area (TPSA) is 42.4 Å². The molecule has 114 valence electrons. The second-order valence-corrected chi connectivity index (χ2v) is 6.66. The number of benzene rings is 1. The number of amides is 1. The van der Waals surface area contributed by atoms with Gasteiger partial charge in [0, 0.05) is 36.2 Å². The van der Waals surface area contributed by atoms with Gasteiger partial charge in [-0.05, 0) is 31.4 Å². The van der Waals surface area contributed by atoms with Crippen molar-refractivity contribution in [2.24, 2.45) is 0 Å². The van der Waals surface area contributed by atoms with Crippen molar-refractivity contribution in [3.8, 4) is 11.3 Å². The van der Waals surface area contributed by atoms with E-state index in [2.05, 4.69) is 17.5 Å². The molecule has 4 rings (SSSR count). The molecule has 2 saturated heterocycles. The fraction of sp³-hybridized carbons (Fsp3) is 0.412. The Kier molecular flexibility index (Phi) is 3.68. The van der Waals surface area contributed by atoms with Crippen LogP contribution in [0.1, 0.15) is 36.8 Å². The molecular formula is C17H18N2O2S. The maximum atomic E-state index is 11.9. The molecule has 0 N–H and O–H groups in total. The molecule has 22 heavy (non-hydrogen) atoms. The van der Waals surface area contributed by atoms with Gasteiger partial charge in [-0.2, -0.15) is 0 Å². The van der Waals surface area contributed by atoms with Crippen LogP contribution in [-0.4, -0.2) is 24.0 Å². The minimum absolute atomic E-state index is 0.169. The van der Waals surface area contributed by atoms with E-state index >= 15 is 0 Å². The molecule has 1 aromatic carbocycles. The lowest BCUT2D eigenvalue weighted by molar-refractivity contribution is -0.117. The fourth-order valence-corrected chi connectivity index (χ4v) is 4.00. The van der Waals surface area contributed by atoms with Crippen LogP contribution in [0.2, 0.25) is 0 Å². The lowest BCUT2D eigenvalue weighted by Crippen LogP contribution is -2.23. The number of aromatic nitrogens is 1. The Labute approximate surface area is 133 Å². The number of thiazole rings is 1. The fourth-order valence-electron chi connectivity index (χ4n) is 3.09. The highest BCUT2D eigenvalue weighted by molar-refractivity contribution is 7.10. The van der Waals surface area contributed by atoms with E-state index in [1.165, 1.54) is 0 Å². The van der Waals surface area contributed by atoms with Crippen molar-refractivity contribution in [2.75, 3.05) is 18.1 Å². The second-order valence-electron chi connectivity index (χ2n) is 5.77. The Morgan fingerprint density at radius 2 is 2.27 bits per heavy atom. The van der Waals surface area contributed by atoms with E-state index in [9.17, 15) is 4.79 Å². The molecule has 0 bridgehead atoms. The first kappa shape index (κ1) is 13.9. The summed E-state index contributed by atoms with van der Waals surface area (Å²) < 4.78 is 5.70. The number of nitrogens with zero attached hydrogens (tertiary/aromatic N) is 2. The molecule has 2 aliphatic rings. The third-order valence-electron chi connectivity index (χ3n) is 4.25. The molecule has 5 heteroatoms. The molecular weight excluding hydrogens is 296 g/mol. The molecule has 2 aliphatic heterocycles. The van der Waals surface area contributed by atoms with E-state index < -0.39 is 0 Å². The summed E-state index contributed by atoms with van der Waals surface area (Å²) in [6, 6.07) is 8.12. The van der Waals surface area contributed by atoms with Gasteiger partial charge in [-0.25, -0.2) is 4.98 Å². The van der Waals surface area contributed by atoms with Crippen molar-refractivity contribution in [3.05, 3.63) is 34.7 Å². The van der Waals surface area contributed by atoms with Gasteiger partial charge in [0.15, 0.2) is 0 Å². The molecule has 1 amide bonds. The lowest BCUT2D eigenvalue weighted by atomic mass is 10.1. The first-order chi connectivity index (χ1) is 10.8. The average molecular weight is 314 g/mol. The zero-order valence-corrected chi connectivity index (χ0v) is 13.1. The molecule has 0 aliphatic carbocycles. The van der Waals surface area contributed by atoms with Crippen LogP contribution in [0.3, 0.4) is 0 Å². The summed E-state index contributed by atoms with van der Waals surface area (Å²) >= 11 is 1.66. The molecule has 1 unspecified atom stereocenters. The van der Waals surface area contributed by atoms with Crippen LogP contribution in [-0.2, 0) is 9.53 Å². The number of hydrogen-bond donors (Lipinski definition) is 0. The molecule has 1 atom stereocenters. The molecule has 3 heterocycles. The summed E-state index contributed by atoms with van der Waals surface area (Å²) in [5.74, 6) is 0.218. The molecule has 0 spiro atoms. The normalized spacial score (nSPS) is 21.7. The number of ether oxygens (including phenoxy) is 1. The van der Waals surface area contributed by atoms with Gasteiger partial charge in [-0.15, -0.1) is 11.3 Å². The number of carbonyl (C=O) groups is 1. The standard InChI is InChI=1S/C17H18N2O2S/c20-16-7-2-8-19(16)13-5-1-4-12(10-13)14-11-22-17(18-14)15-6-3-9-21-15/h1,4-5,10-11,15H,2-3,6-9H2. The molecule has 0 radical (unpaired) electrons. The Balaban J connectivity index is 1.61. The molecule has 4 nitrogen and oxygen atoms in total. The van der Waals surface area contributed by atoms with Gasteiger partial charge in [0.2, 0.25) is 5.91 Å². The van der Waals surface area contributed by atoms with Crippen LogP contribution >= 0.6 is 11.3 Å². The summed E-state index contributed by atoms with van der Waals surface area (Å²) in [6.07, 6.45) is 3.95. The quantitative estimate of drug-likeness (QED) is 0.865. The molecule has 2 fully saturated rings. The van der Waals surface area contributed by atoms with Gasteiger partial charge in [-0.3, -0.25) is 4.79 Å². The monoisotopic (exact) mass is 314 g/mol. The highest BCUT2D eigenvalue weighted by Crippen LogP contribution is 2.34. The van der Waals surface area contributed by atoms with Crippen molar-refractivity contribution in [1.82, 2.24) is 4.98 Å². The maximum absolute atomic E-state index is 11.9. The van der Waals surface area contributed by atoms with Crippen LogP contribution in [0.25, 0.3) is 11.3 Å². The average Bonchev–Trinajstić information content (AvgIpc) is 3.28. The van der Waals surface area contributed by atoms with Crippen LogP contribution in [0, 0.1) is 0 Å². The van der Waals surface area contributed by atoms with Crippen molar-refractivity contribution >= 4 is 22.9 Å². The van der Waals surface area contributed by atoms with E-state index in [0.717, 1.165) is 54.4 Å². The number of carbonyl (C=O) groups excluding carboxylic acids is 1. The molecule has 2 aromatic rings. The van der Waals surface area contributed by atoms with E-state index in [0.29, 0.717) is 6.42 Å². The van der Waals surface area contributed by atoms with Crippen molar-refractivity contribution in [1.29, 1.82) is 0 Å². The van der Waals surface area contributed by atoms with Gasteiger partial charge < -0.3 is 9.64 Å². The number of anilines is 1. The van der Waals surface area contributed by atoms with Crippen molar-refractivity contribution in [2.45, 2.75) is 31.8 Å². The Morgan fingerprint density at radius 3 is 3.05 bits per heavy atom. The first-order valence-electron chi connectivity index (χ1n) is 7.79. The smallest absolute Gasteiger partial charge is 0.227 e. The first-order valence-corrected chi connectivity index (χ1v) is 8.67. The number of hydrogen-bond acceptors (Lipinski definition) is 4. The minimum atomic E-state index is 0.169. The van der Waals surface area contributed by atoms with Gasteiger partial charge in [0.25, 0.3) is 0 Å². The predicted molar refractivity (Wildman–Crippen MR) is 87.1 cm³/mol. The lowest BCUT2D eigenvalue weighted by Gasteiger charge is -2.16. The Hall–Kier alpha value is -1.72. The molecule has 0 saturated carbocycles. The number of rotatable bonds is 3. The van der Waals surface area contributed by atoms with Gasteiger partial charge >= 0.3 is 0 Å². The van der Waals surface area contributed by atoms with Crippen molar-refractivity contribution in [3.63, 3.8) is 0 Å². The summed E-state index contributed by atoms with van der Waals surface area (Å²) in [5, 5.41) is 3.15. The Bertz CT molecular complexity index is 691. The summed E-state index contributed by atoms with van der Waals surface area (Å²) in [6.45, 7) is 1.66. The van der Waals surface area contributed by atoms with Crippen molar-refractivity contribution < 1.29 is 9.53 Å². The highest BCUT2D eigenvalue weighted by atomic mass is 32.1. The summed E-state index contributed by atoms with van der Waals surface area (Å²) in [5.41, 5.74) is 3.02. The zero-order valence-electron chi connectivity index (χ0n) is 12.3. The van der Waals surface area contributed by atoms with Crippen LogP contribution < -0.4 is 4.90 Å².